The first-order valence-corrected chi connectivity index (χ1v) is 7.44. The van der Waals surface area contributed by atoms with Gasteiger partial charge in [0.25, 0.3) is 0 Å². The maximum Gasteiger partial charge on any atom is 3.00 e. The molecule has 2 aliphatic rings. The molecule has 2 rings (SSSR count). The van der Waals surface area contributed by atoms with Crippen LogP contribution >= 0.6 is 11.8 Å². The van der Waals surface area contributed by atoms with E-state index in [0.717, 1.165) is 25.9 Å². The molecule has 115 valence electrons. The van der Waals surface area contributed by atoms with Gasteiger partial charge in [-0.05, 0) is 25.8 Å². The van der Waals surface area contributed by atoms with Crippen molar-refractivity contribution < 1.29 is 51.3 Å². The average molecular weight is 380 g/mol. The second-order valence-electron chi connectivity index (χ2n) is 4.83. The summed E-state index contributed by atoms with van der Waals surface area (Å²) in [6.45, 7) is 7.29. The van der Waals surface area contributed by atoms with Crippen LogP contribution in [-0.2, 0) is 26.5 Å². The maximum absolute atomic E-state index is 6.20. The summed E-state index contributed by atoms with van der Waals surface area (Å²) in [7, 11) is 0. The van der Waals surface area contributed by atoms with Gasteiger partial charge in [0.15, 0.2) is 0 Å². The summed E-state index contributed by atoms with van der Waals surface area (Å²) in [6, 6.07) is 0. The molecule has 21 heavy (non-hydrogen) atoms. The molecule has 0 N–H and O–H groups in total. The second kappa shape index (κ2) is 11.2. The van der Waals surface area contributed by atoms with Crippen LogP contribution in [0.15, 0.2) is 40.4 Å². The fourth-order valence-electron chi connectivity index (χ4n) is 2.19. The Balaban J connectivity index is 0. The summed E-state index contributed by atoms with van der Waals surface area (Å²) in [5.41, 5.74) is 2.65. The quantitative estimate of drug-likeness (QED) is 0.337. The molecule has 0 saturated carbocycles. The van der Waals surface area contributed by atoms with Gasteiger partial charge in [0.1, 0.15) is 4.93 Å². The summed E-state index contributed by atoms with van der Waals surface area (Å²) in [4.78, 5) is 0.999. The molecule has 0 fully saturated rings. The Hall–Kier alpha value is 0.564. The van der Waals surface area contributed by atoms with E-state index in [1.165, 1.54) is 16.1 Å². The molecule has 1 nitrogen and oxygen atoms in total. The normalized spacial score (nSPS) is 23.1. The van der Waals surface area contributed by atoms with Crippen molar-refractivity contribution in [2.75, 3.05) is 6.61 Å². The topological polar surface area (TPSA) is 9.23 Å². The first-order valence-electron chi connectivity index (χ1n) is 6.62. The van der Waals surface area contributed by atoms with Crippen LogP contribution in [-0.4, -0.2) is 11.5 Å². The van der Waals surface area contributed by atoms with Gasteiger partial charge in [-0.25, -0.2) is 6.08 Å². The first kappa shape index (κ1) is 23.8. The van der Waals surface area contributed by atoms with Crippen molar-refractivity contribution >= 4 is 11.8 Å². The zero-order chi connectivity index (χ0) is 13.0. The minimum atomic E-state index is -0.216. The standard InChI is InChI=1S/C16H21OS.2ClH.Ti/c1-4-11-17-16(18-15-7-5-6-8-15)10-9-13(2)12-14(16)3;;;/h5,7,9,12H,4,6,10-11H2,1-3H3;2*1H;/q-1;;;+3/p-2. The summed E-state index contributed by atoms with van der Waals surface area (Å²) in [6.07, 6.45) is 15.1. The van der Waals surface area contributed by atoms with Crippen molar-refractivity contribution in [2.24, 2.45) is 0 Å². The molecule has 2 aliphatic carbocycles. The molecule has 5 heteroatoms. The van der Waals surface area contributed by atoms with Gasteiger partial charge in [0.2, 0.25) is 0 Å². The number of allylic oxidation sites excluding steroid dienone is 5. The van der Waals surface area contributed by atoms with Gasteiger partial charge >= 0.3 is 21.7 Å². The van der Waals surface area contributed by atoms with Gasteiger partial charge < -0.3 is 29.6 Å². The molecule has 0 aromatic carbocycles. The average Bonchev–Trinajstić information content (AvgIpc) is 2.84. The van der Waals surface area contributed by atoms with E-state index in [2.05, 4.69) is 51.2 Å². The van der Waals surface area contributed by atoms with Crippen LogP contribution in [0.3, 0.4) is 0 Å². The third kappa shape index (κ3) is 6.29. The molecule has 1 unspecified atom stereocenters. The summed E-state index contributed by atoms with van der Waals surface area (Å²) < 4.78 is 6.20. The molecular formula is C16H21Cl2OSTi. The predicted molar refractivity (Wildman–Crippen MR) is 79.2 cm³/mol. The smallest absolute Gasteiger partial charge is 1.00 e. The molecule has 0 aromatic heterocycles. The third-order valence-electron chi connectivity index (χ3n) is 3.22. The van der Waals surface area contributed by atoms with Crippen LogP contribution in [0.5, 0.6) is 0 Å². The molecule has 0 amide bonds. The zero-order valence-electron chi connectivity index (χ0n) is 12.7. The van der Waals surface area contributed by atoms with E-state index in [1.807, 2.05) is 11.8 Å². The Labute approximate surface area is 160 Å². The summed E-state index contributed by atoms with van der Waals surface area (Å²) in [5.74, 6) is 0. The van der Waals surface area contributed by atoms with E-state index in [1.54, 1.807) is 0 Å². The number of hydrogen-bond donors (Lipinski definition) is 0. The van der Waals surface area contributed by atoms with Crippen LogP contribution in [0.1, 0.15) is 40.0 Å². The summed E-state index contributed by atoms with van der Waals surface area (Å²) >= 11 is 1.81. The molecule has 0 spiro atoms. The predicted octanol–water partition coefficient (Wildman–Crippen LogP) is -1.21. The van der Waals surface area contributed by atoms with E-state index >= 15 is 0 Å². The Morgan fingerprint density at radius 3 is 2.57 bits per heavy atom. The SMILES string of the molecule is CCCOC1(SC2=[C-]CC=C2)CC=C(C)C=C1C.[Cl-].[Cl-].[Ti+3]. The van der Waals surface area contributed by atoms with Crippen LogP contribution in [0.2, 0.25) is 0 Å². The first-order chi connectivity index (χ1) is 8.66. The second-order valence-corrected chi connectivity index (χ2v) is 6.13. The van der Waals surface area contributed by atoms with Crippen LogP contribution in [0, 0.1) is 6.08 Å². The van der Waals surface area contributed by atoms with Crippen LogP contribution in [0.25, 0.3) is 0 Å². The van der Waals surface area contributed by atoms with E-state index < -0.39 is 0 Å². The number of halogens is 2. The van der Waals surface area contributed by atoms with Crippen molar-refractivity contribution in [3.05, 3.63) is 46.4 Å². The Bertz CT molecular complexity index is 444. The monoisotopic (exact) mass is 379 g/mol. The van der Waals surface area contributed by atoms with E-state index in [9.17, 15) is 0 Å². The van der Waals surface area contributed by atoms with Crippen molar-refractivity contribution in [1.29, 1.82) is 0 Å². The van der Waals surface area contributed by atoms with E-state index in [4.69, 9.17) is 4.74 Å². The zero-order valence-corrected chi connectivity index (χ0v) is 16.6. The third-order valence-corrected chi connectivity index (χ3v) is 4.65. The molecule has 0 saturated heterocycles. The molecule has 1 radical (unpaired) electrons. The minimum Gasteiger partial charge on any atom is -1.00 e. The molecular weight excluding hydrogens is 359 g/mol. The van der Waals surface area contributed by atoms with Gasteiger partial charge in [0, 0.05) is 13.0 Å². The fraction of sp³-hybridized carbons (Fsp3) is 0.500. The maximum atomic E-state index is 6.20. The molecule has 0 bridgehead atoms. The van der Waals surface area contributed by atoms with Gasteiger partial charge in [-0.3, -0.25) is 6.08 Å². The van der Waals surface area contributed by atoms with Gasteiger partial charge in [-0.1, -0.05) is 24.6 Å². The number of ether oxygens (including phenoxy) is 1. The van der Waals surface area contributed by atoms with Crippen LogP contribution in [0.4, 0.5) is 0 Å². The molecule has 0 heterocycles. The van der Waals surface area contributed by atoms with Crippen molar-refractivity contribution in [3.63, 3.8) is 0 Å². The Kier molecular flexibility index (Phi) is 12.7. The number of hydrogen-bond acceptors (Lipinski definition) is 2. The molecule has 0 aliphatic heterocycles. The summed E-state index contributed by atoms with van der Waals surface area (Å²) in [5, 5.41) is 0. The fourth-order valence-corrected chi connectivity index (χ4v) is 3.39. The van der Waals surface area contributed by atoms with Crippen molar-refractivity contribution in [2.45, 2.75) is 45.0 Å². The van der Waals surface area contributed by atoms with Crippen molar-refractivity contribution in [3.8, 4) is 0 Å². The van der Waals surface area contributed by atoms with E-state index in [-0.39, 0.29) is 51.5 Å². The molecule has 1 atom stereocenters. The van der Waals surface area contributed by atoms with Gasteiger partial charge in [0.05, 0.1) is 0 Å². The van der Waals surface area contributed by atoms with E-state index in [0.29, 0.717) is 0 Å². The minimum absolute atomic E-state index is 0. The van der Waals surface area contributed by atoms with Crippen molar-refractivity contribution in [1.82, 2.24) is 0 Å². The van der Waals surface area contributed by atoms with Gasteiger partial charge in [-0.15, -0.1) is 18.2 Å². The Morgan fingerprint density at radius 2 is 2.05 bits per heavy atom. The largest absolute Gasteiger partial charge is 3.00 e. The number of rotatable bonds is 5. The van der Waals surface area contributed by atoms with Gasteiger partial charge in [-0.2, -0.15) is 11.0 Å². The number of thioether (sulfide) groups is 1. The molecule has 0 aromatic rings. The van der Waals surface area contributed by atoms with Crippen LogP contribution < -0.4 is 24.8 Å². The Morgan fingerprint density at radius 1 is 1.33 bits per heavy atom.